The molecule has 2 aliphatic rings. The van der Waals surface area contributed by atoms with E-state index in [4.69, 9.17) is 6.42 Å². The van der Waals surface area contributed by atoms with Crippen LogP contribution in [0, 0.1) is 17.8 Å². The van der Waals surface area contributed by atoms with E-state index in [0.29, 0.717) is 41.4 Å². The summed E-state index contributed by atoms with van der Waals surface area (Å²) in [5.74, 6) is 4.15. The molecule has 3 aromatic rings. The van der Waals surface area contributed by atoms with Crippen molar-refractivity contribution in [3.05, 3.63) is 42.5 Å². The van der Waals surface area contributed by atoms with E-state index in [1.165, 1.54) is 12.4 Å². The number of aliphatic hydroxyl groups excluding tert-OH is 1. The molecule has 0 spiro atoms. The van der Waals surface area contributed by atoms with E-state index < -0.39 is 10.0 Å². The van der Waals surface area contributed by atoms with Gasteiger partial charge in [0.25, 0.3) is 10.0 Å². The molecule has 0 aromatic carbocycles. The van der Waals surface area contributed by atoms with Crippen LogP contribution in [0.25, 0.3) is 11.4 Å². The minimum absolute atomic E-state index is 0.0654. The van der Waals surface area contributed by atoms with Gasteiger partial charge in [-0.3, -0.25) is 0 Å². The van der Waals surface area contributed by atoms with Gasteiger partial charge in [0.1, 0.15) is 11.6 Å². The second-order valence-corrected chi connectivity index (χ2v) is 11.5. The van der Waals surface area contributed by atoms with Crippen molar-refractivity contribution in [2.45, 2.75) is 37.9 Å². The van der Waals surface area contributed by atoms with Gasteiger partial charge in [-0.15, -0.1) is 6.42 Å². The van der Waals surface area contributed by atoms with Crippen LogP contribution in [0.4, 0.5) is 17.3 Å². The predicted octanol–water partition coefficient (Wildman–Crippen LogP) is 2.40. The Balaban J connectivity index is 1.36. The molecular weight excluding hydrogens is 466 g/mol. The highest BCUT2D eigenvalue weighted by atomic mass is 32.2. The molecule has 1 saturated heterocycles. The first-order valence-corrected chi connectivity index (χ1v) is 13.0. The molecule has 11 heteroatoms. The summed E-state index contributed by atoms with van der Waals surface area (Å²) in [6.45, 7) is 3.86. The van der Waals surface area contributed by atoms with Gasteiger partial charge in [-0.2, -0.15) is 9.19 Å². The Bertz CT molecular complexity index is 1380. The molecule has 0 amide bonds. The molecule has 3 aromatic heterocycles. The number of piperidine rings is 1. The Kier molecular flexibility index (Phi) is 5.94. The third-order valence-electron chi connectivity index (χ3n) is 6.67. The van der Waals surface area contributed by atoms with E-state index in [1.54, 1.807) is 18.5 Å². The summed E-state index contributed by atoms with van der Waals surface area (Å²) in [6.07, 6.45) is 15.0. The summed E-state index contributed by atoms with van der Waals surface area (Å²) in [4.78, 5) is 15.4. The molecule has 2 N–H and O–H groups in total. The van der Waals surface area contributed by atoms with Crippen molar-refractivity contribution in [1.82, 2.24) is 24.1 Å². The number of hydrogen-bond acceptors (Lipinski definition) is 9. The third-order valence-corrected chi connectivity index (χ3v) is 8.70. The van der Waals surface area contributed by atoms with Crippen LogP contribution < -0.4 is 10.2 Å². The quantitative estimate of drug-likeness (QED) is 0.477. The second kappa shape index (κ2) is 8.94. The van der Waals surface area contributed by atoms with E-state index in [2.05, 4.69) is 43.1 Å². The summed E-state index contributed by atoms with van der Waals surface area (Å²) in [7, 11) is -3.45. The molecule has 10 nitrogen and oxygen atoms in total. The maximum Gasteiger partial charge on any atom is 0.256 e. The molecule has 5 rings (SSSR count). The number of rotatable bonds is 7. The topological polar surface area (TPSA) is 126 Å². The standard InChI is InChI=1S/C24H27N7O3S/c1-3-17-13-26-22(12-20(17)30-10-7-24(2,16-32)8-11-30)28-21-6-9-25-23(29-21)18-14-27-31(15-18)35(33,34)19-4-5-19/h1,6,9,12-15,19,32H,4-5,7-8,10-11,16H2,2H3,(H,25,26,28,29). The highest BCUT2D eigenvalue weighted by molar-refractivity contribution is 7.90. The average Bonchev–Trinajstić information content (AvgIpc) is 3.62. The number of terminal acetylenes is 1. The van der Waals surface area contributed by atoms with Crippen molar-refractivity contribution in [2.24, 2.45) is 5.41 Å². The zero-order chi connectivity index (χ0) is 24.6. The maximum absolute atomic E-state index is 12.4. The Labute approximate surface area is 204 Å². The molecule has 2 fully saturated rings. The Morgan fingerprint density at radius 3 is 2.69 bits per heavy atom. The van der Waals surface area contributed by atoms with Crippen molar-refractivity contribution in [1.29, 1.82) is 0 Å². The van der Waals surface area contributed by atoms with Gasteiger partial charge in [-0.1, -0.05) is 12.8 Å². The van der Waals surface area contributed by atoms with Gasteiger partial charge < -0.3 is 15.3 Å². The van der Waals surface area contributed by atoms with E-state index in [0.717, 1.165) is 35.7 Å². The molecule has 1 aliphatic carbocycles. The van der Waals surface area contributed by atoms with Crippen LogP contribution in [-0.2, 0) is 10.0 Å². The highest BCUT2D eigenvalue weighted by Gasteiger charge is 2.37. The van der Waals surface area contributed by atoms with Crippen LogP contribution in [0.1, 0.15) is 38.2 Å². The molecule has 182 valence electrons. The Morgan fingerprint density at radius 1 is 1.23 bits per heavy atom. The maximum atomic E-state index is 12.4. The lowest BCUT2D eigenvalue weighted by atomic mass is 9.81. The molecule has 0 unspecified atom stereocenters. The van der Waals surface area contributed by atoms with E-state index in [1.807, 2.05) is 6.07 Å². The van der Waals surface area contributed by atoms with E-state index in [9.17, 15) is 13.5 Å². The predicted molar refractivity (Wildman–Crippen MR) is 133 cm³/mol. The monoisotopic (exact) mass is 493 g/mol. The lowest BCUT2D eigenvalue weighted by Crippen LogP contribution is -2.40. The summed E-state index contributed by atoms with van der Waals surface area (Å²) in [5, 5.41) is 16.5. The second-order valence-electron chi connectivity index (χ2n) is 9.42. The largest absolute Gasteiger partial charge is 0.396 e. The van der Waals surface area contributed by atoms with Crippen LogP contribution in [-0.4, -0.2) is 62.6 Å². The van der Waals surface area contributed by atoms with Crippen molar-refractivity contribution in [3.8, 4) is 23.7 Å². The van der Waals surface area contributed by atoms with E-state index in [-0.39, 0.29) is 17.3 Å². The lowest BCUT2D eigenvalue weighted by molar-refractivity contribution is 0.115. The zero-order valence-electron chi connectivity index (χ0n) is 19.4. The first-order chi connectivity index (χ1) is 16.8. The van der Waals surface area contributed by atoms with Crippen molar-refractivity contribution in [2.75, 3.05) is 29.9 Å². The molecule has 1 aliphatic heterocycles. The number of hydrogen-bond donors (Lipinski definition) is 2. The molecule has 1 saturated carbocycles. The first kappa shape index (κ1) is 23.3. The highest BCUT2D eigenvalue weighted by Crippen LogP contribution is 2.34. The fourth-order valence-electron chi connectivity index (χ4n) is 4.11. The van der Waals surface area contributed by atoms with Gasteiger partial charge in [0.2, 0.25) is 0 Å². The van der Waals surface area contributed by atoms with Gasteiger partial charge in [0, 0.05) is 38.2 Å². The van der Waals surface area contributed by atoms with Gasteiger partial charge in [0.05, 0.1) is 34.5 Å². The summed E-state index contributed by atoms with van der Waals surface area (Å²) >= 11 is 0. The fourth-order valence-corrected chi connectivity index (χ4v) is 5.58. The summed E-state index contributed by atoms with van der Waals surface area (Å²) < 4.78 is 25.9. The van der Waals surface area contributed by atoms with Crippen molar-refractivity contribution < 1.29 is 13.5 Å². The SMILES string of the molecule is C#Cc1cnc(Nc2ccnc(-c3cnn(S(=O)(=O)C4CC4)c3)n2)cc1N1CCC(C)(CO)CC1. The number of pyridine rings is 1. The number of anilines is 3. The van der Waals surface area contributed by atoms with E-state index >= 15 is 0 Å². The number of aromatic nitrogens is 5. The van der Waals surface area contributed by atoms with Crippen LogP contribution in [0.5, 0.6) is 0 Å². The van der Waals surface area contributed by atoms with Crippen LogP contribution in [0.2, 0.25) is 0 Å². The van der Waals surface area contributed by atoms with Crippen LogP contribution in [0.3, 0.4) is 0 Å². The van der Waals surface area contributed by atoms with Crippen molar-refractivity contribution >= 4 is 27.3 Å². The van der Waals surface area contributed by atoms with Gasteiger partial charge in [-0.05, 0) is 37.2 Å². The fraction of sp³-hybridized carbons (Fsp3) is 0.417. The molecule has 0 bridgehead atoms. The Hall–Kier alpha value is -3.49. The van der Waals surface area contributed by atoms with Crippen molar-refractivity contribution in [3.63, 3.8) is 0 Å². The lowest BCUT2D eigenvalue weighted by Gasteiger charge is -2.39. The zero-order valence-corrected chi connectivity index (χ0v) is 20.2. The Morgan fingerprint density at radius 2 is 2.00 bits per heavy atom. The molecule has 0 atom stereocenters. The number of aliphatic hydroxyl groups is 1. The minimum atomic E-state index is -3.45. The molecule has 0 radical (unpaired) electrons. The number of nitrogens with one attached hydrogen (secondary N) is 1. The normalized spacial score (nSPS) is 17.7. The third kappa shape index (κ3) is 4.72. The molecule has 4 heterocycles. The van der Waals surface area contributed by atoms with Gasteiger partial charge >= 0.3 is 0 Å². The number of nitrogens with zero attached hydrogens (tertiary/aromatic N) is 6. The first-order valence-electron chi connectivity index (χ1n) is 11.5. The van der Waals surface area contributed by atoms with Crippen LogP contribution >= 0.6 is 0 Å². The minimum Gasteiger partial charge on any atom is -0.396 e. The van der Waals surface area contributed by atoms with Gasteiger partial charge in [0.15, 0.2) is 5.82 Å². The molecular formula is C24H27N7O3S. The van der Waals surface area contributed by atoms with Crippen LogP contribution in [0.15, 0.2) is 36.9 Å². The average molecular weight is 494 g/mol. The van der Waals surface area contributed by atoms with Gasteiger partial charge in [-0.25, -0.2) is 23.4 Å². The summed E-state index contributed by atoms with van der Waals surface area (Å²) in [6, 6.07) is 3.61. The summed E-state index contributed by atoms with van der Waals surface area (Å²) in [5.41, 5.74) is 2.06. The molecule has 35 heavy (non-hydrogen) atoms. The smallest absolute Gasteiger partial charge is 0.256 e.